The van der Waals surface area contributed by atoms with E-state index in [0.717, 1.165) is 30.4 Å². The Labute approximate surface area is 268 Å². The van der Waals surface area contributed by atoms with Crippen LogP contribution in [-0.4, -0.2) is 119 Å². The molecule has 0 heterocycles. The monoisotopic (exact) mass is 636 g/mol. The molecular formula is C32H56N6O7. The summed E-state index contributed by atoms with van der Waals surface area (Å²) in [5.74, 6) is -2.76. The molecule has 256 valence electrons. The van der Waals surface area contributed by atoms with Gasteiger partial charge in [0.25, 0.3) is 0 Å². The standard InChI is InChI=1S/C30H50N6O7.C2H6/c1-4-9-34(20-28(40)41)11-13-36(19-26(37)33-18-24-15-23(3)16-25(17-24)30(31)32)14-12-35(21-29(42)43)10-8-22(2)6-5-7-27(38)39;1-2/h15-17,22H,4-14,18-21H2,1-3H3,(H3,31,32)(H,33,37)(H,38,39)(H,40,41)(H,42,43);1-2H3/t22-;/m1./s1. The van der Waals surface area contributed by atoms with Crippen molar-refractivity contribution in [3.63, 3.8) is 0 Å². The maximum atomic E-state index is 13.0. The fourth-order valence-electron chi connectivity index (χ4n) is 4.80. The van der Waals surface area contributed by atoms with Crippen molar-refractivity contribution >= 4 is 29.7 Å². The Hall–Kier alpha value is -3.55. The molecular weight excluding hydrogens is 580 g/mol. The topological polar surface area (TPSA) is 201 Å². The number of carboxylic acid groups (broad SMARTS) is 3. The van der Waals surface area contributed by atoms with Crippen molar-refractivity contribution in [3.8, 4) is 0 Å². The second-order valence-electron chi connectivity index (χ2n) is 11.2. The number of nitrogens with two attached hydrogens (primary N) is 1. The van der Waals surface area contributed by atoms with Crippen molar-refractivity contribution in [1.29, 1.82) is 5.41 Å². The van der Waals surface area contributed by atoms with Crippen molar-refractivity contribution in [1.82, 2.24) is 20.0 Å². The molecule has 0 aliphatic rings. The number of aryl methyl sites for hydroxylation is 1. The van der Waals surface area contributed by atoms with Crippen LogP contribution >= 0.6 is 0 Å². The van der Waals surface area contributed by atoms with Gasteiger partial charge in [0, 0.05) is 44.7 Å². The Morgan fingerprint density at radius 1 is 0.822 bits per heavy atom. The van der Waals surface area contributed by atoms with Crippen LogP contribution in [0.15, 0.2) is 18.2 Å². The van der Waals surface area contributed by atoms with Crippen LogP contribution < -0.4 is 11.1 Å². The summed E-state index contributed by atoms with van der Waals surface area (Å²) in [5, 5.41) is 38.2. The molecule has 1 aromatic carbocycles. The van der Waals surface area contributed by atoms with Crippen molar-refractivity contribution in [3.05, 3.63) is 34.9 Å². The Bertz CT molecular complexity index is 1070. The summed E-state index contributed by atoms with van der Waals surface area (Å²) in [6.07, 6.45) is 2.92. The van der Waals surface area contributed by atoms with Crippen LogP contribution in [0.1, 0.15) is 76.5 Å². The van der Waals surface area contributed by atoms with Gasteiger partial charge in [0.05, 0.1) is 19.6 Å². The molecule has 0 saturated carbocycles. The van der Waals surface area contributed by atoms with E-state index in [1.54, 1.807) is 12.1 Å². The van der Waals surface area contributed by atoms with E-state index in [1.807, 2.05) is 55.4 Å². The van der Waals surface area contributed by atoms with Gasteiger partial charge in [-0.25, -0.2) is 0 Å². The number of aliphatic carboxylic acids is 3. The SMILES string of the molecule is CC.CCCN(CCN(CCN(CC[C@H](C)CCCC(=O)O)CC(=O)O)CC(=O)NCc1cc(C)cc(C(=N)N)c1)CC(=O)O. The number of amides is 1. The van der Waals surface area contributed by atoms with Crippen molar-refractivity contribution in [2.45, 2.75) is 73.3 Å². The Morgan fingerprint density at radius 3 is 1.84 bits per heavy atom. The van der Waals surface area contributed by atoms with Crippen LogP contribution in [0.2, 0.25) is 0 Å². The fourth-order valence-corrected chi connectivity index (χ4v) is 4.80. The number of carbonyl (C=O) groups is 4. The number of nitrogen functional groups attached to an aromatic ring is 1. The van der Waals surface area contributed by atoms with Crippen molar-refractivity contribution in [2.75, 3.05) is 58.9 Å². The zero-order chi connectivity index (χ0) is 34.4. The first kappa shape index (κ1) is 41.4. The molecule has 0 aromatic heterocycles. The smallest absolute Gasteiger partial charge is 0.317 e. The van der Waals surface area contributed by atoms with Gasteiger partial charge in [-0.2, -0.15) is 0 Å². The molecule has 1 rings (SSSR count). The summed E-state index contributed by atoms with van der Waals surface area (Å²) in [6.45, 7) is 12.7. The predicted molar refractivity (Wildman–Crippen MR) is 176 cm³/mol. The zero-order valence-electron chi connectivity index (χ0n) is 27.8. The van der Waals surface area contributed by atoms with E-state index in [1.165, 1.54) is 0 Å². The summed E-state index contributed by atoms with van der Waals surface area (Å²) in [6, 6.07) is 5.47. The number of carboxylic acids is 3. The Balaban J connectivity index is 0.00000947. The molecule has 1 aromatic rings. The highest BCUT2D eigenvalue weighted by Crippen LogP contribution is 2.13. The number of rotatable bonds is 24. The minimum absolute atomic E-state index is 0.0465. The summed E-state index contributed by atoms with van der Waals surface area (Å²) in [5.41, 5.74) is 7.94. The first-order valence-corrected chi connectivity index (χ1v) is 15.8. The number of hydrogen-bond acceptors (Lipinski definition) is 8. The molecule has 0 bridgehead atoms. The highest BCUT2D eigenvalue weighted by Gasteiger charge is 2.18. The van der Waals surface area contributed by atoms with E-state index in [9.17, 15) is 29.4 Å². The highest BCUT2D eigenvalue weighted by molar-refractivity contribution is 5.95. The molecule has 1 atom stereocenters. The summed E-state index contributed by atoms with van der Waals surface area (Å²) < 4.78 is 0. The second-order valence-corrected chi connectivity index (χ2v) is 11.2. The van der Waals surface area contributed by atoms with Gasteiger partial charge in [0.15, 0.2) is 0 Å². The van der Waals surface area contributed by atoms with Gasteiger partial charge in [-0.1, -0.05) is 45.7 Å². The van der Waals surface area contributed by atoms with Gasteiger partial charge in [-0.05, 0) is 62.9 Å². The van der Waals surface area contributed by atoms with Gasteiger partial charge >= 0.3 is 17.9 Å². The molecule has 7 N–H and O–H groups in total. The summed E-state index contributed by atoms with van der Waals surface area (Å²) in [7, 11) is 0. The molecule has 0 fully saturated rings. The van der Waals surface area contributed by atoms with E-state index in [2.05, 4.69) is 5.32 Å². The van der Waals surface area contributed by atoms with E-state index in [0.29, 0.717) is 51.3 Å². The van der Waals surface area contributed by atoms with Crippen LogP contribution in [0.4, 0.5) is 0 Å². The predicted octanol–water partition coefficient (Wildman–Crippen LogP) is 2.69. The van der Waals surface area contributed by atoms with Gasteiger partial charge in [-0.15, -0.1) is 0 Å². The number of carbonyl (C=O) groups excluding carboxylic acids is 1. The van der Waals surface area contributed by atoms with Crippen LogP contribution in [0.5, 0.6) is 0 Å². The molecule has 0 radical (unpaired) electrons. The molecule has 13 heteroatoms. The van der Waals surface area contributed by atoms with Gasteiger partial charge in [0.2, 0.25) is 5.91 Å². The van der Waals surface area contributed by atoms with E-state index in [4.69, 9.17) is 16.2 Å². The summed E-state index contributed by atoms with van der Waals surface area (Å²) >= 11 is 0. The minimum atomic E-state index is -0.957. The van der Waals surface area contributed by atoms with Crippen LogP contribution in [-0.2, 0) is 25.7 Å². The Morgan fingerprint density at radius 2 is 1.36 bits per heavy atom. The van der Waals surface area contributed by atoms with Crippen LogP contribution in [0, 0.1) is 18.3 Å². The van der Waals surface area contributed by atoms with Crippen LogP contribution in [0.25, 0.3) is 0 Å². The molecule has 0 aliphatic carbocycles. The zero-order valence-corrected chi connectivity index (χ0v) is 27.8. The third-order valence-corrected chi connectivity index (χ3v) is 7.05. The van der Waals surface area contributed by atoms with Crippen LogP contribution in [0.3, 0.4) is 0 Å². The van der Waals surface area contributed by atoms with Gasteiger partial charge in [0.1, 0.15) is 5.84 Å². The second kappa shape index (κ2) is 23.8. The van der Waals surface area contributed by atoms with Gasteiger partial charge < -0.3 is 26.4 Å². The van der Waals surface area contributed by atoms with Gasteiger partial charge in [-0.3, -0.25) is 39.3 Å². The molecule has 0 spiro atoms. The average molecular weight is 637 g/mol. The number of benzene rings is 1. The number of nitrogens with zero attached hydrogens (tertiary/aromatic N) is 3. The molecule has 13 nitrogen and oxygen atoms in total. The third kappa shape index (κ3) is 20.9. The minimum Gasteiger partial charge on any atom is -0.481 e. The fraction of sp³-hybridized carbons (Fsp3) is 0.656. The lowest BCUT2D eigenvalue weighted by atomic mass is 10.0. The first-order valence-electron chi connectivity index (χ1n) is 15.8. The summed E-state index contributed by atoms with van der Waals surface area (Å²) in [4.78, 5) is 52.2. The molecule has 0 unspecified atom stereocenters. The maximum Gasteiger partial charge on any atom is 0.317 e. The Kier molecular flexibility index (Phi) is 21.9. The number of hydrogen-bond donors (Lipinski definition) is 6. The highest BCUT2D eigenvalue weighted by atomic mass is 16.4. The average Bonchev–Trinajstić information content (AvgIpc) is 2.96. The largest absolute Gasteiger partial charge is 0.481 e. The van der Waals surface area contributed by atoms with E-state index < -0.39 is 17.9 Å². The quantitative estimate of drug-likeness (QED) is 0.0720. The van der Waals surface area contributed by atoms with E-state index in [-0.39, 0.29) is 50.3 Å². The lowest BCUT2D eigenvalue weighted by Gasteiger charge is -2.29. The van der Waals surface area contributed by atoms with Crippen molar-refractivity contribution in [2.24, 2.45) is 11.7 Å². The molecule has 45 heavy (non-hydrogen) atoms. The number of nitrogens with one attached hydrogen (secondary N) is 2. The molecule has 1 amide bonds. The number of amidine groups is 1. The molecule has 0 aliphatic heterocycles. The van der Waals surface area contributed by atoms with Crippen molar-refractivity contribution < 1.29 is 34.5 Å². The first-order chi connectivity index (χ1) is 21.3. The maximum absolute atomic E-state index is 13.0. The normalized spacial score (nSPS) is 11.6. The lowest BCUT2D eigenvalue weighted by molar-refractivity contribution is -0.139. The third-order valence-electron chi connectivity index (χ3n) is 7.05. The molecule has 0 saturated heterocycles. The lowest BCUT2D eigenvalue weighted by Crippen LogP contribution is -2.46. The van der Waals surface area contributed by atoms with E-state index >= 15 is 0 Å².